The van der Waals surface area contributed by atoms with E-state index in [0.717, 1.165) is 60.7 Å². The van der Waals surface area contributed by atoms with Gasteiger partial charge in [-0.05, 0) is 90.0 Å². The summed E-state index contributed by atoms with van der Waals surface area (Å²) in [4.78, 5) is 5.24. The Kier molecular flexibility index (Phi) is 5.83. The summed E-state index contributed by atoms with van der Waals surface area (Å²) in [6, 6.07) is 65.3. The van der Waals surface area contributed by atoms with Crippen molar-refractivity contribution >= 4 is 93.1 Å². The Morgan fingerprint density at radius 2 is 0.929 bits per heavy atom. The van der Waals surface area contributed by atoms with Crippen LogP contribution < -0.4 is 0 Å². The van der Waals surface area contributed by atoms with E-state index in [-0.39, 0.29) is 0 Å². The number of pyridine rings is 1. The first-order valence-electron chi connectivity index (χ1n) is 19.1. The lowest BCUT2D eigenvalue weighted by Crippen LogP contribution is -1.95. The van der Waals surface area contributed by atoms with Crippen LogP contribution in [-0.4, -0.2) is 18.5 Å². The van der Waals surface area contributed by atoms with E-state index in [9.17, 15) is 0 Å². The number of nitrogens with zero attached hydrogens (tertiary/aromatic N) is 4. The van der Waals surface area contributed by atoms with Gasteiger partial charge in [0, 0.05) is 49.1 Å². The first-order valence-corrected chi connectivity index (χ1v) is 19.1. The minimum atomic E-state index is 0.873. The predicted molar refractivity (Wildman–Crippen MR) is 232 cm³/mol. The molecule has 0 aliphatic heterocycles. The molecule has 0 aliphatic carbocycles. The number of benzene rings is 8. The van der Waals surface area contributed by atoms with Crippen LogP contribution in [0.25, 0.3) is 116 Å². The standard InChI is InChI=1S/C51H30N4O/c1-2-12-33(13-3-1)53-43-19-9-6-14-35(43)40-28-31(22-26-45(40)53)32-23-27-46-41(29-32)36-15-7-10-20-44(36)54(46)34-24-25-42-47(30-34)55-49-39-18-8-11-21-48(39)56-50(49)37-16-4-5-17-38(37)51(55)52-42/h1-30H. The van der Waals surface area contributed by atoms with Crippen molar-refractivity contribution in [3.8, 4) is 22.5 Å². The lowest BCUT2D eigenvalue weighted by molar-refractivity contribution is 0.672. The van der Waals surface area contributed by atoms with Crippen molar-refractivity contribution in [1.82, 2.24) is 18.5 Å². The third-order valence-corrected chi connectivity index (χ3v) is 11.8. The number of rotatable bonds is 3. The highest BCUT2D eigenvalue weighted by Gasteiger charge is 2.21. The molecule has 5 aromatic heterocycles. The van der Waals surface area contributed by atoms with Crippen LogP contribution in [0.1, 0.15) is 0 Å². The van der Waals surface area contributed by atoms with Crippen molar-refractivity contribution in [2.24, 2.45) is 0 Å². The summed E-state index contributed by atoms with van der Waals surface area (Å²) in [5.74, 6) is 0. The smallest absolute Gasteiger partial charge is 0.160 e. The number of furan rings is 1. The van der Waals surface area contributed by atoms with Crippen LogP contribution in [0.2, 0.25) is 0 Å². The Morgan fingerprint density at radius 3 is 1.62 bits per heavy atom. The molecule has 13 aromatic rings. The highest BCUT2D eigenvalue weighted by atomic mass is 16.3. The largest absolute Gasteiger partial charge is 0.454 e. The van der Waals surface area contributed by atoms with Gasteiger partial charge < -0.3 is 13.6 Å². The molecule has 0 fully saturated rings. The fourth-order valence-corrected chi connectivity index (χ4v) is 9.36. The molecule has 56 heavy (non-hydrogen) atoms. The van der Waals surface area contributed by atoms with Crippen LogP contribution in [0, 0.1) is 0 Å². The monoisotopic (exact) mass is 714 g/mol. The van der Waals surface area contributed by atoms with Gasteiger partial charge in [-0.1, -0.05) is 103 Å². The lowest BCUT2D eigenvalue weighted by atomic mass is 10.0. The van der Waals surface area contributed by atoms with Gasteiger partial charge in [-0.25, -0.2) is 4.98 Å². The topological polar surface area (TPSA) is 40.3 Å². The molecule has 0 saturated heterocycles. The number of para-hydroxylation sites is 4. The fourth-order valence-electron chi connectivity index (χ4n) is 9.36. The molecule has 0 amide bonds. The minimum Gasteiger partial charge on any atom is -0.454 e. The van der Waals surface area contributed by atoms with Gasteiger partial charge in [0.2, 0.25) is 0 Å². The minimum absolute atomic E-state index is 0.873. The first kappa shape index (κ1) is 29.8. The molecule has 0 unspecified atom stereocenters. The molecule has 5 heteroatoms. The Labute approximate surface area is 319 Å². The second-order valence-corrected chi connectivity index (χ2v) is 14.8. The van der Waals surface area contributed by atoms with E-state index < -0.39 is 0 Å². The maximum absolute atomic E-state index is 6.57. The summed E-state index contributed by atoms with van der Waals surface area (Å²) in [6.45, 7) is 0. The molecule has 0 bridgehead atoms. The Balaban J connectivity index is 1.03. The van der Waals surface area contributed by atoms with Crippen LogP contribution in [0.5, 0.6) is 0 Å². The second-order valence-electron chi connectivity index (χ2n) is 14.8. The van der Waals surface area contributed by atoms with E-state index in [2.05, 4.69) is 183 Å². The zero-order valence-electron chi connectivity index (χ0n) is 30.0. The maximum atomic E-state index is 6.57. The quantitative estimate of drug-likeness (QED) is 0.183. The average Bonchev–Trinajstić information content (AvgIpc) is 4.01. The van der Waals surface area contributed by atoms with E-state index in [0.29, 0.717) is 0 Å². The molecule has 0 radical (unpaired) electrons. The van der Waals surface area contributed by atoms with Gasteiger partial charge in [-0.2, -0.15) is 0 Å². The average molecular weight is 715 g/mol. The molecule has 0 aliphatic rings. The number of imidazole rings is 1. The second kappa shape index (κ2) is 11.0. The highest BCUT2D eigenvalue weighted by molar-refractivity contribution is 6.19. The fraction of sp³-hybridized carbons (Fsp3) is 0. The highest BCUT2D eigenvalue weighted by Crippen LogP contribution is 2.41. The third-order valence-electron chi connectivity index (χ3n) is 11.8. The number of hydrogen-bond acceptors (Lipinski definition) is 2. The van der Waals surface area contributed by atoms with E-state index >= 15 is 0 Å². The summed E-state index contributed by atoms with van der Waals surface area (Å²) in [7, 11) is 0. The zero-order valence-corrected chi connectivity index (χ0v) is 30.0. The number of fused-ring (bicyclic) bond motifs is 16. The van der Waals surface area contributed by atoms with Crippen LogP contribution in [0.3, 0.4) is 0 Å². The van der Waals surface area contributed by atoms with Crippen molar-refractivity contribution in [3.63, 3.8) is 0 Å². The van der Waals surface area contributed by atoms with Gasteiger partial charge >= 0.3 is 0 Å². The van der Waals surface area contributed by atoms with Gasteiger partial charge in [0.1, 0.15) is 16.7 Å². The summed E-state index contributed by atoms with van der Waals surface area (Å²) in [5, 5.41) is 8.16. The molecular weight excluding hydrogens is 685 g/mol. The van der Waals surface area contributed by atoms with Crippen LogP contribution in [0.4, 0.5) is 0 Å². The molecule has 0 spiro atoms. The molecule has 0 saturated carbocycles. The Bertz CT molecular complexity index is 3770. The normalized spacial score (nSPS) is 12.3. The number of hydrogen-bond donors (Lipinski definition) is 0. The zero-order chi connectivity index (χ0) is 36.5. The third kappa shape index (κ3) is 3.95. The summed E-state index contributed by atoms with van der Waals surface area (Å²) in [5.41, 5.74) is 15.1. The van der Waals surface area contributed by atoms with Gasteiger partial charge in [0.05, 0.1) is 33.1 Å². The van der Waals surface area contributed by atoms with Crippen molar-refractivity contribution < 1.29 is 4.42 Å². The van der Waals surface area contributed by atoms with Crippen LogP contribution in [-0.2, 0) is 0 Å². The molecule has 5 heterocycles. The molecule has 0 N–H and O–H groups in total. The molecule has 0 atom stereocenters. The number of aromatic nitrogens is 4. The lowest BCUT2D eigenvalue weighted by Gasteiger charge is -2.10. The molecular formula is C51H30N4O. The molecule has 5 nitrogen and oxygen atoms in total. The first-order chi connectivity index (χ1) is 27.8. The SMILES string of the molecule is c1ccc(-n2c3ccccc3c3cc(-c4ccc5c(c4)c4ccccc4n5-c4ccc5nc6c7ccccc7c7oc8ccccc8c7n6c5c4)ccc32)cc1. The molecule has 13 rings (SSSR count). The Hall–Kier alpha value is -7.63. The molecule has 260 valence electrons. The maximum Gasteiger partial charge on any atom is 0.160 e. The van der Waals surface area contributed by atoms with Crippen molar-refractivity contribution in [2.75, 3.05) is 0 Å². The van der Waals surface area contributed by atoms with E-state index in [1.165, 1.54) is 54.9 Å². The van der Waals surface area contributed by atoms with E-state index in [1.807, 2.05) is 12.1 Å². The van der Waals surface area contributed by atoms with Gasteiger partial charge in [-0.15, -0.1) is 0 Å². The van der Waals surface area contributed by atoms with E-state index in [1.54, 1.807) is 0 Å². The summed E-state index contributed by atoms with van der Waals surface area (Å²) in [6.07, 6.45) is 0. The van der Waals surface area contributed by atoms with Crippen molar-refractivity contribution in [3.05, 3.63) is 182 Å². The van der Waals surface area contributed by atoms with Gasteiger partial charge in [0.15, 0.2) is 5.58 Å². The predicted octanol–water partition coefficient (Wildman–Crippen LogP) is 13.4. The van der Waals surface area contributed by atoms with E-state index in [4.69, 9.17) is 9.40 Å². The van der Waals surface area contributed by atoms with Crippen LogP contribution in [0.15, 0.2) is 186 Å². The van der Waals surface area contributed by atoms with Crippen molar-refractivity contribution in [2.45, 2.75) is 0 Å². The summed E-state index contributed by atoms with van der Waals surface area (Å²) >= 11 is 0. The van der Waals surface area contributed by atoms with Gasteiger partial charge in [-0.3, -0.25) is 4.40 Å². The van der Waals surface area contributed by atoms with Gasteiger partial charge in [0.25, 0.3) is 0 Å². The molecule has 8 aromatic carbocycles. The van der Waals surface area contributed by atoms with Crippen molar-refractivity contribution in [1.29, 1.82) is 0 Å². The van der Waals surface area contributed by atoms with Crippen LogP contribution >= 0.6 is 0 Å². The summed E-state index contributed by atoms with van der Waals surface area (Å²) < 4.78 is 13.6. The Morgan fingerprint density at radius 1 is 0.375 bits per heavy atom.